The van der Waals surface area contributed by atoms with Crippen molar-refractivity contribution in [3.05, 3.63) is 203 Å². The van der Waals surface area contributed by atoms with Crippen molar-refractivity contribution in [2.75, 3.05) is 9.80 Å². The zero-order valence-corrected chi connectivity index (χ0v) is 33.3. The Morgan fingerprint density at radius 3 is 1.09 bits per heavy atom. The largest absolute Gasteiger partial charge is 0.310 e. The first-order valence-corrected chi connectivity index (χ1v) is 20.4. The molecule has 0 spiro atoms. The molecule has 0 saturated heterocycles. The lowest BCUT2D eigenvalue weighted by Crippen LogP contribution is -2.11. The second-order valence-corrected chi connectivity index (χ2v) is 16.2. The smallest absolute Gasteiger partial charge is 0.0540 e. The van der Waals surface area contributed by atoms with E-state index in [9.17, 15) is 0 Å². The molecule has 0 bridgehead atoms. The summed E-state index contributed by atoms with van der Waals surface area (Å²) >= 11 is 7.31. The molecule has 0 aliphatic heterocycles. The zero-order valence-electron chi connectivity index (χ0n) is 30.1. The van der Waals surface area contributed by atoms with Crippen molar-refractivity contribution in [3.63, 3.8) is 0 Å². The standard InChI is InChI=1S/C52H32Br2N2/c53-37-21-17-35-31-41(23-19-33(35)29-37)55(39-9-3-1-4-10-39)49-27-25-45-44-14-8-16-48-50(28-26-46(52(44)48)43-13-7-15-47(49)51(43)45)56(40-11-5-2-6-12-40)42-24-20-34-30-38(54)22-18-36(34)32-42/h1-32H. The van der Waals surface area contributed by atoms with E-state index in [2.05, 4.69) is 236 Å². The van der Waals surface area contributed by atoms with Crippen molar-refractivity contribution in [1.29, 1.82) is 0 Å². The number of hydrogen-bond donors (Lipinski definition) is 0. The second-order valence-electron chi connectivity index (χ2n) is 14.4. The molecule has 0 saturated carbocycles. The first-order chi connectivity index (χ1) is 27.6. The summed E-state index contributed by atoms with van der Waals surface area (Å²) in [5.74, 6) is 0. The summed E-state index contributed by atoms with van der Waals surface area (Å²) in [5.41, 5.74) is 6.79. The minimum Gasteiger partial charge on any atom is -0.310 e. The molecular weight excluding hydrogens is 812 g/mol. The molecule has 11 rings (SSSR count). The Morgan fingerprint density at radius 2 is 0.643 bits per heavy atom. The third kappa shape index (κ3) is 5.36. The molecule has 0 heterocycles. The van der Waals surface area contributed by atoms with Gasteiger partial charge in [0.1, 0.15) is 0 Å². The molecule has 0 unspecified atom stereocenters. The highest BCUT2D eigenvalue weighted by atomic mass is 79.9. The number of hydrogen-bond acceptors (Lipinski definition) is 2. The molecule has 11 aromatic carbocycles. The van der Waals surface area contributed by atoms with Crippen molar-refractivity contribution in [2.24, 2.45) is 0 Å². The average molecular weight is 845 g/mol. The van der Waals surface area contributed by atoms with Gasteiger partial charge in [0.05, 0.1) is 11.4 Å². The topological polar surface area (TPSA) is 6.48 Å². The van der Waals surface area contributed by atoms with Gasteiger partial charge in [-0.2, -0.15) is 0 Å². The van der Waals surface area contributed by atoms with E-state index in [-0.39, 0.29) is 0 Å². The summed E-state index contributed by atoms with van der Waals surface area (Å²) in [6.45, 7) is 0. The lowest BCUT2D eigenvalue weighted by Gasteiger charge is -2.29. The SMILES string of the molecule is Brc1ccc2cc(N(c3ccccc3)c3ccc4c5cccc6c(N(c7ccccc7)c7ccc8cc(Br)ccc8c7)ccc(c7cccc3c74)c65)ccc2c1. The Bertz CT molecular complexity index is 3050. The van der Waals surface area contributed by atoms with Crippen molar-refractivity contribution in [3.8, 4) is 0 Å². The molecule has 56 heavy (non-hydrogen) atoms. The van der Waals surface area contributed by atoms with Crippen LogP contribution in [0.3, 0.4) is 0 Å². The van der Waals surface area contributed by atoms with E-state index in [4.69, 9.17) is 0 Å². The Morgan fingerprint density at radius 1 is 0.268 bits per heavy atom. The quantitative estimate of drug-likeness (QED) is 0.122. The van der Waals surface area contributed by atoms with Crippen LogP contribution in [0.15, 0.2) is 203 Å². The molecule has 0 aromatic heterocycles. The average Bonchev–Trinajstić information content (AvgIpc) is 3.24. The maximum atomic E-state index is 3.66. The summed E-state index contributed by atoms with van der Waals surface area (Å²) in [7, 11) is 0. The van der Waals surface area contributed by atoms with Crippen molar-refractivity contribution < 1.29 is 0 Å². The fourth-order valence-electron chi connectivity index (χ4n) is 8.77. The van der Waals surface area contributed by atoms with Crippen molar-refractivity contribution in [2.45, 2.75) is 0 Å². The second kappa shape index (κ2) is 13.2. The van der Waals surface area contributed by atoms with Crippen LogP contribution in [-0.4, -0.2) is 0 Å². The van der Waals surface area contributed by atoms with E-state index < -0.39 is 0 Å². The lowest BCUT2D eigenvalue weighted by molar-refractivity contribution is 1.30. The minimum absolute atomic E-state index is 1.08. The third-order valence-corrected chi connectivity index (χ3v) is 12.2. The van der Waals surface area contributed by atoms with Crippen LogP contribution in [0.1, 0.15) is 0 Å². The molecule has 0 N–H and O–H groups in total. The fraction of sp³-hybridized carbons (Fsp3) is 0. The Hall–Kier alpha value is -6.20. The van der Waals surface area contributed by atoms with Gasteiger partial charge < -0.3 is 9.80 Å². The molecule has 0 fully saturated rings. The first-order valence-electron chi connectivity index (χ1n) is 18.8. The van der Waals surface area contributed by atoms with Crippen LogP contribution in [0.25, 0.3) is 64.6 Å². The number of anilines is 6. The summed E-state index contributed by atoms with van der Waals surface area (Å²) < 4.78 is 2.16. The van der Waals surface area contributed by atoms with Crippen LogP contribution in [0.5, 0.6) is 0 Å². The van der Waals surface area contributed by atoms with Gasteiger partial charge >= 0.3 is 0 Å². The normalized spacial score (nSPS) is 11.8. The number of fused-ring (bicyclic) bond motifs is 4. The maximum Gasteiger partial charge on any atom is 0.0540 e. The van der Waals surface area contributed by atoms with E-state index in [1.807, 2.05) is 0 Å². The maximum absolute atomic E-state index is 3.66. The molecular formula is C52H32Br2N2. The molecule has 2 nitrogen and oxygen atoms in total. The highest BCUT2D eigenvalue weighted by Crippen LogP contribution is 2.49. The van der Waals surface area contributed by atoms with Crippen LogP contribution in [0.2, 0.25) is 0 Å². The van der Waals surface area contributed by atoms with Gasteiger partial charge in [0, 0.05) is 42.5 Å². The van der Waals surface area contributed by atoms with Crippen molar-refractivity contribution >= 4 is 131 Å². The third-order valence-electron chi connectivity index (χ3n) is 11.2. The van der Waals surface area contributed by atoms with Gasteiger partial charge in [0.25, 0.3) is 0 Å². The van der Waals surface area contributed by atoms with Gasteiger partial charge in [-0.15, -0.1) is 0 Å². The number of nitrogens with zero attached hydrogens (tertiary/aromatic N) is 2. The van der Waals surface area contributed by atoms with Crippen LogP contribution < -0.4 is 9.80 Å². The van der Waals surface area contributed by atoms with Crippen LogP contribution in [-0.2, 0) is 0 Å². The van der Waals surface area contributed by atoms with E-state index in [0.29, 0.717) is 0 Å². The molecule has 11 aromatic rings. The molecule has 264 valence electrons. The van der Waals surface area contributed by atoms with E-state index >= 15 is 0 Å². The summed E-state index contributed by atoms with van der Waals surface area (Å²) in [5, 5.41) is 14.9. The van der Waals surface area contributed by atoms with Gasteiger partial charge in [-0.25, -0.2) is 0 Å². The van der Waals surface area contributed by atoms with Crippen LogP contribution >= 0.6 is 31.9 Å². The number of rotatable bonds is 6. The van der Waals surface area contributed by atoms with E-state index in [1.165, 1.54) is 64.6 Å². The summed E-state index contributed by atoms with van der Waals surface area (Å²) in [4.78, 5) is 4.81. The number of benzene rings is 11. The van der Waals surface area contributed by atoms with Gasteiger partial charge in [0.2, 0.25) is 0 Å². The Kier molecular flexibility index (Phi) is 7.84. The highest BCUT2D eigenvalue weighted by molar-refractivity contribution is 9.10. The monoisotopic (exact) mass is 842 g/mol. The molecule has 4 heteroatoms. The van der Waals surface area contributed by atoms with E-state index in [0.717, 1.165) is 43.1 Å². The predicted octanol–water partition coefficient (Wildman–Crippen LogP) is 16.5. The Balaban J connectivity index is 1.15. The van der Waals surface area contributed by atoms with Gasteiger partial charge in [-0.3, -0.25) is 0 Å². The fourth-order valence-corrected chi connectivity index (χ4v) is 9.52. The number of halogens is 2. The summed E-state index contributed by atoms with van der Waals surface area (Å²) in [6.07, 6.45) is 0. The van der Waals surface area contributed by atoms with Gasteiger partial charge in [0.15, 0.2) is 0 Å². The lowest BCUT2D eigenvalue weighted by atomic mass is 9.88. The molecule has 0 aliphatic carbocycles. The molecule has 0 atom stereocenters. The predicted molar refractivity (Wildman–Crippen MR) is 247 cm³/mol. The minimum atomic E-state index is 1.08. The van der Waals surface area contributed by atoms with Crippen LogP contribution in [0.4, 0.5) is 34.1 Å². The van der Waals surface area contributed by atoms with E-state index in [1.54, 1.807) is 0 Å². The highest BCUT2D eigenvalue weighted by Gasteiger charge is 2.22. The molecule has 0 radical (unpaired) electrons. The summed E-state index contributed by atoms with van der Waals surface area (Å²) in [6, 6.07) is 70.9. The molecule has 0 aliphatic rings. The van der Waals surface area contributed by atoms with Gasteiger partial charge in [-0.05, 0) is 139 Å². The van der Waals surface area contributed by atoms with Crippen molar-refractivity contribution in [1.82, 2.24) is 0 Å². The molecule has 0 amide bonds. The van der Waals surface area contributed by atoms with Gasteiger partial charge in [-0.1, -0.05) is 141 Å². The first kappa shape index (κ1) is 33.2. The Labute approximate surface area is 341 Å². The number of para-hydroxylation sites is 2. The van der Waals surface area contributed by atoms with Crippen LogP contribution in [0, 0.1) is 0 Å². The zero-order chi connectivity index (χ0) is 37.3.